The van der Waals surface area contributed by atoms with Crippen LogP contribution in [-0.4, -0.2) is 48.4 Å². The Hall–Kier alpha value is -2.60. The van der Waals surface area contributed by atoms with E-state index in [1.54, 1.807) is 7.05 Å². The number of hydrogen-bond acceptors (Lipinski definition) is 7. The lowest BCUT2D eigenvalue weighted by Gasteiger charge is -2.19. The highest BCUT2D eigenvalue weighted by Gasteiger charge is 2.33. The standard InChI is InChI=1S/C12H13F3N6O3/c1-20-18-10(17-19-20)6-21(24-2)5-8-7(11(22)23)3-4-9(16-8)12(13,14)15/h3-4H,5-6H2,1-2H3,(H,22,23). The number of aromatic carboxylic acids is 1. The minimum atomic E-state index is -4.68. The number of nitrogens with zero attached hydrogens (tertiary/aromatic N) is 6. The number of carboxylic acid groups (broad SMARTS) is 1. The van der Waals surface area contributed by atoms with Crippen LogP contribution in [0.3, 0.4) is 0 Å². The molecule has 130 valence electrons. The molecule has 0 aliphatic heterocycles. The smallest absolute Gasteiger partial charge is 0.433 e. The number of alkyl halides is 3. The molecule has 0 atom stereocenters. The molecule has 0 fully saturated rings. The Bertz CT molecular complexity index is 733. The number of carboxylic acids is 1. The van der Waals surface area contributed by atoms with E-state index < -0.39 is 17.8 Å². The van der Waals surface area contributed by atoms with Crippen molar-refractivity contribution in [3.8, 4) is 0 Å². The number of pyridine rings is 1. The normalized spacial score (nSPS) is 11.9. The predicted molar refractivity (Wildman–Crippen MR) is 71.3 cm³/mol. The van der Waals surface area contributed by atoms with Crippen molar-refractivity contribution >= 4 is 5.97 Å². The van der Waals surface area contributed by atoms with Crippen LogP contribution in [0.15, 0.2) is 12.1 Å². The van der Waals surface area contributed by atoms with Crippen molar-refractivity contribution in [1.29, 1.82) is 0 Å². The number of tetrazole rings is 1. The number of carbonyl (C=O) groups is 1. The minimum absolute atomic E-state index is 0.0126. The second-order valence-electron chi connectivity index (χ2n) is 4.67. The van der Waals surface area contributed by atoms with E-state index in [0.29, 0.717) is 6.07 Å². The summed E-state index contributed by atoms with van der Waals surface area (Å²) >= 11 is 0. The topological polar surface area (TPSA) is 106 Å². The van der Waals surface area contributed by atoms with E-state index in [0.717, 1.165) is 6.07 Å². The maximum Gasteiger partial charge on any atom is 0.433 e. The van der Waals surface area contributed by atoms with Gasteiger partial charge in [0.05, 0.1) is 38.5 Å². The lowest BCUT2D eigenvalue weighted by molar-refractivity contribution is -0.151. The van der Waals surface area contributed by atoms with Crippen molar-refractivity contribution in [1.82, 2.24) is 30.3 Å². The molecule has 24 heavy (non-hydrogen) atoms. The Morgan fingerprint density at radius 1 is 1.38 bits per heavy atom. The largest absolute Gasteiger partial charge is 0.478 e. The summed E-state index contributed by atoms with van der Waals surface area (Å²) in [6.45, 7) is -0.318. The zero-order valence-corrected chi connectivity index (χ0v) is 12.6. The van der Waals surface area contributed by atoms with Gasteiger partial charge in [-0.3, -0.25) is 0 Å². The van der Waals surface area contributed by atoms with Gasteiger partial charge < -0.3 is 9.94 Å². The van der Waals surface area contributed by atoms with Crippen LogP contribution in [0.2, 0.25) is 0 Å². The third-order valence-electron chi connectivity index (χ3n) is 2.95. The highest BCUT2D eigenvalue weighted by molar-refractivity contribution is 5.88. The molecule has 0 saturated heterocycles. The number of aryl methyl sites for hydroxylation is 1. The Morgan fingerprint density at radius 2 is 2.08 bits per heavy atom. The summed E-state index contributed by atoms with van der Waals surface area (Å²) in [6.07, 6.45) is -4.68. The van der Waals surface area contributed by atoms with Gasteiger partial charge in [0.2, 0.25) is 0 Å². The third kappa shape index (κ3) is 4.23. The second-order valence-corrected chi connectivity index (χ2v) is 4.67. The van der Waals surface area contributed by atoms with Crippen molar-refractivity contribution in [2.75, 3.05) is 7.11 Å². The second kappa shape index (κ2) is 6.88. The number of hydroxylamine groups is 2. The van der Waals surface area contributed by atoms with E-state index in [1.165, 1.54) is 17.0 Å². The van der Waals surface area contributed by atoms with E-state index >= 15 is 0 Å². The van der Waals surface area contributed by atoms with Crippen LogP contribution in [0.25, 0.3) is 0 Å². The molecule has 0 unspecified atom stereocenters. The number of aromatic nitrogens is 5. The molecule has 0 aliphatic rings. The molecule has 2 heterocycles. The molecule has 0 amide bonds. The fraction of sp³-hybridized carbons (Fsp3) is 0.417. The lowest BCUT2D eigenvalue weighted by Crippen LogP contribution is -2.25. The van der Waals surface area contributed by atoms with Crippen molar-refractivity contribution in [3.05, 3.63) is 34.9 Å². The van der Waals surface area contributed by atoms with Crippen LogP contribution in [0.1, 0.15) is 27.6 Å². The Kier molecular flexibility index (Phi) is 5.09. The Morgan fingerprint density at radius 3 is 2.58 bits per heavy atom. The molecular formula is C12H13F3N6O3. The van der Waals surface area contributed by atoms with Crippen molar-refractivity contribution < 1.29 is 27.9 Å². The van der Waals surface area contributed by atoms with Gasteiger partial charge in [-0.25, -0.2) is 9.78 Å². The number of hydrogen-bond donors (Lipinski definition) is 1. The molecule has 9 nitrogen and oxygen atoms in total. The first-order chi connectivity index (χ1) is 11.2. The van der Waals surface area contributed by atoms with Crippen LogP contribution < -0.4 is 0 Å². The summed E-state index contributed by atoms with van der Waals surface area (Å²) < 4.78 is 38.4. The quantitative estimate of drug-likeness (QED) is 0.769. The molecular weight excluding hydrogens is 333 g/mol. The average molecular weight is 346 g/mol. The molecule has 0 radical (unpaired) electrons. The van der Waals surface area contributed by atoms with Gasteiger partial charge in [-0.2, -0.15) is 23.0 Å². The summed E-state index contributed by atoms with van der Waals surface area (Å²) in [5.41, 5.74) is -1.82. The van der Waals surface area contributed by atoms with Gasteiger partial charge >= 0.3 is 12.1 Å². The maximum atomic E-state index is 12.8. The molecule has 2 rings (SSSR count). The summed E-state index contributed by atoms with van der Waals surface area (Å²) in [5.74, 6) is -1.14. The van der Waals surface area contributed by atoms with Crippen molar-refractivity contribution in [3.63, 3.8) is 0 Å². The summed E-state index contributed by atoms with van der Waals surface area (Å²) in [6, 6.07) is 1.48. The average Bonchev–Trinajstić information content (AvgIpc) is 2.90. The summed E-state index contributed by atoms with van der Waals surface area (Å²) in [4.78, 5) is 20.8. The van der Waals surface area contributed by atoms with Gasteiger partial charge in [0.15, 0.2) is 5.82 Å². The predicted octanol–water partition coefficient (Wildman–Crippen LogP) is 0.886. The van der Waals surface area contributed by atoms with Gasteiger partial charge in [0, 0.05) is 0 Å². The lowest BCUT2D eigenvalue weighted by atomic mass is 10.1. The SMILES string of the molecule is CON(Cc1nnn(C)n1)Cc1nc(C(F)(F)F)ccc1C(=O)O. The Balaban J connectivity index is 2.28. The Labute approximate surface area is 133 Å². The minimum Gasteiger partial charge on any atom is -0.478 e. The van der Waals surface area contributed by atoms with Crippen LogP contribution >= 0.6 is 0 Å². The maximum absolute atomic E-state index is 12.8. The van der Waals surface area contributed by atoms with E-state index in [1.807, 2.05) is 0 Å². The first-order valence-corrected chi connectivity index (χ1v) is 6.53. The third-order valence-corrected chi connectivity index (χ3v) is 2.95. The molecule has 0 aromatic carbocycles. The molecule has 12 heteroatoms. The summed E-state index contributed by atoms with van der Waals surface area (Å²) in [5, 5.41) is 21.5. The van der Waals surface area contributed by atoms with Gasteiger partial charge in [0.25, 0.3) is 0 Å². The number of halogens is 3. The van der Waals surface area contributed by atoms with Crippen LogP contribution in [0, 0.1) is 0 Å². The first kappa shape index (κ1) is 17.7. The first-order valence-electron chi connectivity index (χ1n) is 6.53. The molecule has 0 saturated carbocycles. The van der Waals surface area contributed by atoms with Crippen LogP contribution in [0.5, 0.6) is 0 Å². The van der Waals surface area contributed by atoms with Gasteiger partial charge in [-0.05, 0) is 17.3 Å². The molecule has 0 spiro atoms. The van der Waals surface area contributed by atoms with E-state index in [9.17, 15) is 18.0 Å². The van der Waals surface area contributed by atoms with Gasteiger partial charge in [0.1, 0.15) is 5.69 Å². The highest BCUT2D eigenvalue weighted by Crippen LogP contribution is 2.28. The van der Waals surface area contributed by atoms with E-state index in [4.69, 9.17) is 9.94 Å². The van der Waals surface area contributed by atoms with Crippen LogP contribution in [-0.2, 0) is 31.2 Å². The molecule has 1 N–H and O–H groups in total. The molecule has 2 aromatic rings. The zero-order chi connectivity index (χ0) is 17.9. The molecule has 0 bridgehead atoms. The molecule has 2 aromatic heterocycles. The molecule has 0 aliphatic carbocycles. The monoisotopic (exact) mass is 346 g/mol. The fourth-order valence-corrected chi connectivity index (χ4v) is 1.87. The van der Waals surface area contributed by atoms with Crippen molar-refractivity contribution in [2.45, 2.75) is 19.3 Å². The van der Waals surface area contributed by atoms with Gasteiger partial charge in [-0.1, -0.05) is 0 Å². The fourth-order valence-electron chi connectivity index (χ4n) is 1.87. The highest BCUT2D eigenvalue weighted by atomic mass is 19.4. The summed E-state index contributed by atoms with van der Waals surface area (Å²) in [7, 11) is 2.83. The van der Waals surface area contributed by atoms with Gasteiger partial charge in [-0.15, -0.1) is 10.2 Å². The van der Waals surface area contributed by atoms with E-state index in [-0.39, 0.29) is 30.2 Å². The van der Waals surface area contributed by atoms with Crippen LogP contribution in [0.4, 0.5) is 13.2 Å². The number of rotatable bonds is 6. The van der Waals surface area contributed by atoms with E-state index in [2.05, 4.69) is 20.4 Å². The van der Waals surface area contributed by atoms with Crippen molar-refractivity contribution in [2.24, 2.45) is 7.05 Å². The zero-order valence-electron chi connectivity index (χ0n) is 12.6.